The van der Waals surface area contributed by atoms with E-state index in [0.29, 0.717) is 5.57 Å². The predicted octanol–water partition coefficient (Wildman–Crippen LogP) is 2.24. The molecule has 0 saturated heterocycles. The second kappa shape index (κ2) is 6.73. The number of allylic oxidation sites excluding steroid dienone is 4. The first-order valence-electron chi connectivity index (χ1n) is 4.21. The van der Waals surface area contributed by atoms with Gasteiger partial charge >= 0.3 is 5.97 Å². The van der Waals surface area contributed by atoms with Crippen molar-refractivity contribution >= 4 is 5.97 Å². The molecule has 0 amide bonds. The van der Waals surface area contributed by atoms with E-state index in [1.54, 1.807) is 18.2 Å². The number of rotatable bonds is 4. The van der Waals surface area contributed by atoms with Crippen LogP contribution in [0.3, 0.4) is 0 Å². The van der Waals surface area contributed by atoms with E-state index in [0.717, 1.165) is 5.57 Å². The quantitative estimate of drug-likeness (QED) is 0.386. The molecule has 0 unspecified atom stereocenters. The lowest BCUT2D eigenvalue weighted by atomic mass is 10.0. The van der Waals surface area contributed by atoms with Crippen molar-refractivity contribution in [3.8, 4) is 12.3 Å². The molecule has 0 fully saturated rings. The minimum Gasteiger partial charge on any atom is -0.469 e. The van der Waals surface area contributed by atoms with E-state index in [1.807, 2.05) is 6.92 Å². The van der Waals surface area contributed by atoms with Crippen LogP contribution in [-0.2, 0) is 9.53 Å². The number of carbonyl (C=O) groups excluding carboxylic acids is 1. The molecule has 0 rings (SSSR count). The maximum Gasteiger partial charge on any atom is 0.310 e. The highest BCUT2D eigenvalue weighted by molar-refractivity contribution is 5.74. The first-order valence-corrected chi connectivity index (χ1v) is 4.21. The molecule has 0 aromatic heterocycles. The lowest BCUT2D eigenvalue weighted by Gasteiger charge is -2.04. The second-order valence-corrected chi connectivity index (χ2v) is 2.53. The molecule has 0 aromatic rings. The van der Waals surface area contributed by atoms with Crippen LogP contribution in [0.2, 0.25) is 0 Å². The van der Waals surface area contributed by atoms with Crippen molar-refractivity contribution in [1.29, 1.82) is 0 Å². The predicted molar refractivity (Wildman–Crippen MR) is 57.5 cm³/mol. The molecule has 2 heteroatoms. The maximum atomic E-state index is 11.0. The van der Waals surface area contributed by atoms with E-state index < -0.39 is 0 Å². The van der Waals surface area contributed by atoms with Gasteiger partial charge in [-0.2, -0.15) is 0 Å². The van der Waals surface area contributed by atoms with Crippen LogP contribution in [0.5, 0.6) is 0 Å². The molecule has 0 saturated carbocycles. The molecule has 2 nitrogen and oxygen atoms in total. The molecule has 0 heterocycles. The zero-order valence-corrected chi connectivity index (χ0v) is 8.54. The van der Waals surface area contributed by atoms with E-state index >= 15 is 0 Å². The van der Waals surface area contributed by atoms with Gasteiger partial charge in [0.15, 0.2) is 0 Å². The maximum absolute atomic E-state index is 11.0. The molecule has 0 aliphatic heterocycles. The van der Waals surface area contributed by atoms with Gasteiger partial charge in [-0.05, 0) is 18.6 Å². The first kappa shape index (κ1) is 12.2. The van der Waals surface area contributed by atoms with Gasteiger partial charge in [0.1, 0.15) is 0 Å². The molecule has 0 radical (unpaired) electrons. The summed E-state index contributed by atoms with van der Waals surface area (Å²) in [6.45, 7) is 5.38. The topological polar surface area (TPSA) is 26.3 Å². The lowest BCUT2D eigenvalue weighted by Crippen LogP contribution is -2.02. The summed E-state index contributed by atoms with van der Waals surface area (Å²) in [4.78, 5) is 11.0. The number of hydrogen-bond acceptors (Lipinski definition) is 2. The molecule has 0 aliphatic rings. The summed E-state index contributed by atoms with van der Waals surface area (Å²) >= 11 is 0. The summed E-state index contributed by atoms with van der Waals surface area (Å²) in [5, 5.41) is 0. The van der Waals surface area contributed by atoms with Crippen molar-refractivity contribution in [3.63, 3.8) is 0 Å². The number of terminal acetylenes is 1. The van der Waals surface area contributed by atoms with Gasteiger partial charge in [0.25, 0.3) is 0 Å². The fourth-order valence-corrected chi connectivity index (χ4v) is 0.946. The zero-order valence-electron chi connectivity index (χ0n) is 8.54. The summed E-state index contributed by atoms with van der Waals surface area (Å²) < 4.78 is 4.55. The summed E-state index contributed by atoms with van der Waals surface area (Å²) in [6, 6.07) is 0. The van der Waals surface area contributed by atoms with Gasteiger partial charge < -0.3 is 4.74 Å². The smallest absolute Gasteiger partial charge is 0.310 e. The molecule has 0 atom stereocenters. The van der Waals surface area contributed by atoms with Crippen molar-refractivity contribution in [2.75, 3.05) is 7.11 Å². The molecule has 0 aliphatic carbocycles. The van der Waals surface area contributed by atoms with E-state index in [1.165, 1.54) is 7.11 Å². The fraction of sp³-hybridized carbons (Fsp3) is 0.250. The van der Waals surface area contributed by atoms with E-state index in [4.69, 9.17) is 6.42 Å². The average molecular weight is 190 g/mol. The Labute approximate surface area is 85.0 Å². The molecule has 0 spiro atoms. The Bertz CT molecular complexity index is 314. The Morgan fingerprint density at radius 1 is 1.64 bits per heavy atom. The minimum absolute atomic E-state index is 0.191. The SMILES string of the molecule is C#CC(=CC=C)C(=CC)CC(=O)OC. The Morgan fingerprint density at radius 2 is 2.29 bits per heavy atom. The van der Waals surface area contributed by atoms with Crippen molar-refractivity contribution in [2.24, 2.45) is 0 Å². The van der Waals surface area contributed by atoms with Crippen LogP contribution in [0.1, 0.15) is 13.3 Å². The van der Waals surface area contributed by atoms with E-state index in [9.17, 15) is 4.79 Å². The Morgan fingerprint density at radius 3 is 2.64 bits per heavy atom. The van der Waals surface area contributed by atoms with Crippen LogP contribution in [0.25, 0.3) is 0 Å². The van der Waals surface area contributed by atoms with Gasteiger partial charge in [0.05, 0.1) is 13.5 Å². The lowest BCUT2D eigenvalue weighted by molar-refractivity contribution is -0.139. The molecular weight excluding hydrogens is 176 g/mol. The minimum atomic E-state index is -0.302. The van der Waals surface area contributed by atoms with Gasteiger partial charge in [0.2, 0.25) is 0 Å². The monoisotopic (exact) mass is 190 g/mol. The highest BCUT2D eigenvalue weighted by Gasteiger charge is 2.07. The third kappa shape index (κ3) is 3.77. The summed E-state index contributed by atoms with van der Waals surface area (Å²) in [6.07, 6.45) is 10.6. The third-order valence-electron chi connectivity index (χ3n) is 1.70. The summed E-state index contributed by atoms with van der Waals surface area (Å²) in [5.41, 5.74) is 1.44. The summed E-state index contributed by atoms with van der Waals surface area (Å²) in [5.74, 6) is 2.19. The number of ether oxygens (including phenoxy) is 1. The molecule has 74 valence electrons. The zero-order chi connectivity index (χ0) is 11.0. The van der Waals surface area contributed by atoms with Crippen LogP contribution in [0, 0.1) is 12.3 Å². The highest BCUT2D eigenvalue weighted by Crippen LogP contribution is 2.14. The normalized spacial score (nSPS) is 11.8. The third-order valence-corrected chi connectivity index (χ3v) is 1.70. The number of esters is 1. The average Bonchev–Trinajstić information content (AvgIpc) is 2.22. The Balaban J connectivity index is 4.75. The number of carbonyl (C=O) groups is 1. The van der Waals surface area contributed by atoms with Gasteiger partial charge in [-0.3, -0.25) is 4.79 Å². The van der Waals surface area contributed by atoms with Gasteiger partial charge in [-0.1, -0.05) is 24.7 Å². The highest BCUT2D eigenvalue weighted by atomic mass is 16.5. The van der Waals surface area contributed by atoms with Crippen LogP contribution < -0.4 is 0 Å². The number of hydrogen-bond donors (Lipinski definition) is 0. The number of methoxy groups -OCH3 is 1. The van der Waals surface area contributed by atoms with Gasteiger partial charge in [-0.15, -0.1) is 6.42 Å². The summed E-state index contributed by atoms with van der Waals surface area (Å²) in [7, 11) is 1.35. The van der Waals surface area contributed by atoms with Crippen molar-refractivity contribution < 1.29 is 9.53 Å². The molecule has 0 aromatic carbocycles. The molecule has 0 N–H and O–H groups in total. The fourth-order valence-electron chi connectivity index (χ4n) is 0.946. The van der Waals surface area contributed by atoms with Crippen molar-refractivity contribution in [3.05, 3.63) is 36.0 Å². The van der Waals surface area contributed by atoms with Crippen LogP contribution in [0.15, 0.2) is 36.0 Å². The van der Waals surface area contributed by atoms with Gasteiger partial charge in [0, 0.05) is 5.57 Å². The largest absolute Gasteiger partial charge is 0.469 e. The van der Waals surface area contributed by atoms with Crippen molar-refractivity contribution in [2.45, 2.75) is 13.3 Å². The van der Waals surface area contributed by atoms with Crippen LogP contribution >= 0.6 is 0 Å². The first-order chi connectivity index (χ1) is 6.69. The Kier molecular flexibility index (Phi) is 5.89. The molecular formula is C12H14O2. The molecule has 0 bridgehead atoms. The van der Waals surface area contributed by atoms with Crippen LogP contribution in [-0.4, -0.2) is 13.1 Å². The second-order valence-electron chi connectivity index (χ2n) is 2.53. The van der Waals surface area contributed by atoms with Gasteiger partial charge in [-0.25, -0.2) is 0 Å². The van der Waals surface area contributed by atoms with Crippen LogP contribution in [0.4, 0.5) is 0 Å². The van der Waals surface area contributed by atoms with E-state index in [-0.39, 0.29) is 12.4 Å². The van der Waals surface area contributed by atoms with Crippen molar-refractivity contribution in [1.82, 2.24) is 0 Å². The standard InChI is InChI=1S/C12H14O2/c1-5-8-10(6-2)11(7-3)9-12(13)14-4/h2,5,7-8H,1,9H2,3-4H3. The van der Waals surface area contributed by atoms with E-state index in [2.05, 4.69) is 17.2 Å². The molecule has 14 heavy (non-hydrogen) atoms. The Hall–Kier alpha value is -1.75.